The van der Waals surface area contributed by atoms with Crippen LogP contribution in [0.5, 0.6) is 11.5 Å². The Labute approximate surface area is 149 Å². The van der Waals surface area contributed by atoms with E-state index in [2.05, 4.69) is 32.8 Å². The number of ether oxygens (including phenoxy) is 2. The molecule has 1 aromatic rings. The molecule has 0 radical (unpaired) electrons. The van der Waals surface area contributed by atoms with Gasteiger partial charge in [0.1, 0.15) is 0 Å². The largest absolute Gasteiger partial charge is 0.478 e. The van der Waals surface area contributed by atoms with Crippen molar-refractivity contribution in [2.45, 2.75) is 58.2 Å². The van der Waals surface area contributed by atoms with Crippen LogP contribution in [0, 0.1) is 12.8 Å². The third-order valence-corrected chi connectivity index (χ3v) is 5.43. The average Bonchev–Trinajstić information content (AvgIpc) is 2.89. The lowest BCUT2D eigenvalue weighted by Crippen LogP contribution is -2.43. The van der Waals surface area contributed by atoms with Crippen LogP contribution in [0.4, 0.5) is 0 Å². The number of nitrogens with zero attached hydrogens (tertiary/aromatic N) is 1. The van der Waals surface area contributed by atoms with E-state index >= 15 is 0 Å². The van der Waals surface area contributed by atoms with Gasteiger partial charge in [-0.05, 0) is 51.8 Å². The van der Waals surface area contributed by atoms with E-state index < -0.39 is 11.8 Å². The van der Waals surface area contributed by atoms with Crippen LogP contribution in [0.3, 0.4) is 0 Å². The molecule has 1 saturated carbocycles. The number of fused-ring (bicyclic) bond motifs is 1. The first-order valence-corrected chi connectivity index (χ1v) is 9.16. The maximum Gasteiger partial charge on any atom is 0.336 e. The summed E-state index contributed by atoms with van der Waals surface area (Å²) in [7, 11) is 4.21. The fourth-order valence-electron chi connectivity index (χ4n) is 4.05. The zero-order valence-electron chi connectivity index (χ0n) is 15.9. The van der Waals surface area contributed by atoms with Gasteiger partial charge in [0.15, 0.2) is 11.5 Å². The number of aromatic carboxylic acids is 1. The van der Waals surface area contributed by atoms with Crippen molar-refractivity contribution >= 4 is 5.97 Å². The lowest BCUT2D eigenvalue weighted by atomic mass is 9.85. The second-order valence-electron chi connectivity index (χ2n) is 8.08. The molecule has 3 rings (SSSR count). The minimum atomic E-state index is -0.915. The van der Waals surface area contributed by atoms with Crippen molar-refractivity contribution in [1.82, 2.24) is 4.90 Å². The zero-order valence-corrected chi connectivity index (χ0v) is 15.9. The van der Waals surface area contributed by atoms with Crippen molar-refractivity contribution in [3.05, 3.63) is 22.8 Å². The van der Waals surface area contributed by atoms with Gasteiger partial charge in [-0.1, -0.05) is 13.8 Å². The van der Waals surface area contributed by atoms with Gasteiger partial charge in [0.2, 0.25) is 0 Å². The highest BCUT2D eigenvalue weighted by Crippen LogP contribution is 2.52. The molecular formula is C20H29NO4. The summed E-state index contributed by atoms with van der Waals surface area (Å²) in [5.41, 5.74) is 1.90. The Hall–Kier alpha value is -1.75. The summed E-state index contributed by atoms with van der Waals surface area (Å²) in [6.07, 6.45) is 3.82. The zero-order chi connectivity index (χ0) is 18.4. The molecule has 0 amide bonds. The van der Waals surface area contributed by atoms with Crippen molar-refractivity contribution in [2.24, 2.45) is 5.92 Å². The van der Waals surface area contributed by atoms with Gasteiger partial charge in [-0.3, -0.25) is 0 Å². The highest BCUT2D eigenvalue weighted by Gasteiger charge is 2.46. The van der Waals surface area contributed by atoms with Crippen molar-refractivity contribution in [3.8, 4) is 11.5 Å². The smallest absolute Gasteiger partial charge is 0.336 e. The van der Waals surface area contributed by atoms with Crippen LogP contribution in [0.1, 0.15) is 66.9 Å². The fraction of sp³-hybridized carbons (Fsp3) is 0.650. The van der Waals surface area contributed by atoms with Crippen LogP contribution < -0.4 is 9.47 Å². The molecule has 1 aliphatic carbocycles. The lowest BCUT2D eigenvalue weighted by molar-refractivity contribution is -0.115. The number of hydrogen-bond donors (Lipinski definition) is 1. The van der Waals surface area contributed by atoms with E-state index in [4.69, 9.17) is 9.47 Å². The molecule has 0 bridgehead atoms. The number of carboxylic acid groups (broad SMARTS) is 1. The summed E-state index contributed by atoms with van der Waals surface area (Å²) in [5, 5.41) is 9.52. The van der Waals surface area contributed by atoms with Crippen LogP contribution in [-0.4, -0.2) is 42.4 Å². The molecule has 1 aliphatic heterocycles. The van der Waals surface area contributed by atoms with Crippen LogP contribution in [0.2, 0.25) is 0 Å². The van der Waals surface area contributed by atoms with Crippen LogP contribution in [0.15, 0.2) is 6.07 Å². The van der Waals surface area contributed by atoms with E-state index in [0.717, 1.165) is 43.5 Å². The van der Waals surface area contributed by atoms with Gasteiger partial charge in [-0.15, -0.1) is 0 Å². The predicted octanol–water partition coefficient (Wildman–Crippen LogP) is 4.04. The van der Waals surface area contributed by atoms with Crippen LogP contribution >= 0.6 is 0 Å². The topological polar surface area (TPSA) is 59.0 Å². The van der Waals surface area contributed by atoms with Crippen molar-refractivity contribution in [1.29, 1.82) is 0 Å². The molecular weight excluding hydrogens is 318 g/mol. The van der Waals surface area contributed by atoms with Gasteiger partial charge in [0.25, 0.3) is 5.79 Å². The van der Waals surface area contributed by atoms with Crippen LogP contribution in [-0.2, 0) is 0 Å². The van der Waals surface area contributed by atoms with Gasteiger partial charge in [-0.25, -0.2) is 4.79 Å². The van der Waals surface area contributed by atoms with Crippen molar-refractivity contribution in [2.75, 3.05) is 20.6 Å². The van der Waals surface area contributed by atoms with E-state index in [-0.39, 0.29) is 5.92 Å². The molecule has 1 spiro atoms. The van der Waals surface area contributed by atoms with E-state index in [1.54, 1.807) is 6.07 Å². The molecule has 0 aromatic heterocycles. The van der Waals surface area contributed by atoms with Gasteiger partial charge in [0.05, 0.1) is 5.56 Å². The number of hydrogen-bond acceptors (Lipinski definition) is 4. The standard InChI is InChI=1S/C20H29NO4/c1-12(2)15-10-16(19(22)23)13(3)17-18(15)25-20(24-17)8-6-14(7-9-20)11-21(4)5/h10,12,14H,6-9,11H2,1-5H3,(H,22,23). The van der Waals surface area contributed by atoms with Gasteiger partial charge >= 0.3 is 5.97 Å². The minimum absolute atomic E-state index is 0.177. The second-order valence-corrected chi connectivity index (χ2v) is 8.08. The first-order chi connectivity index (χ1) is 11.7. The first-order valence-electron chi connectivity index (χ1n) is 9.16. The maximum absolute atomic E-state index is 11.6. The Bertz CT molecular complexity index is 673. The molecule has 5 nitrogen and oxygen atoms in total. The molecule has 138 valence electrons. The van der Waals surface area contributed by atoms with Gasteiger partial charge in [-0.2, -0.15) is 0 Å². The summed E-state index contributed by atoms with van der Waals surface area (Å²) in [6.45, 7) is 7.01. The Morgan fingerprint density at radius 2 is 1.88 bits per heavy atom. The van der Waals surface area contributed by atoms with E-state index in [9.17, 15) is 9.90 Å². The lowest BCUT2D eigenvalue weighted by Gasteiger charge is -2.36. The Balaban J connectivity index is 1.89. The van der Waals surface area contributed by atoms with E-state index in [1.807, 2.05) is 6.92 Å². The summed E-state index contributed by atoms with van der Waals surface area (Å²) in [4.78, 5) is 13.8. The summed E-state index contributed by atoms with van der Waals surface area (Å²) >= 11 is 0. The molecule has 0 saturated heterocycles. The third kappa shape index (κ3) is 3.34. The summed E-state index contributed by atoms with van der Waals surface area (Å²) < 4.78 is 12.7. The monoisotopic (exact) mass is 347 g/mol. The molecule has 5 heteroatoms. The van der Waals surface area contributed by atoms with Crippen molar-refractivity contribution in [3.63, 3.8) is 0 Å². The first kappa shape index (κ1) is 18.1. The Morgan fingerprint density at radius 3 is 2.40 bits per heavy atom. The molecule has 1 N–H and O–H groups in total. The van der Waals surface area contributed by atoms with Crippen molar-refractivity contribution < 1.29 is 19.4 Å². The molecule has 0 unspecified atom stereocenters. The molecule has 1 heterocycles. The van der Waals surface area contributed by atoms with Gasteiger partial charge in [0, 0.05) is 30.5 Å². The van der Waals surface area contributed by atoms with Gasteiger partial charge < -0.3 is 19.5 Å². The molecule has 1 aromatic carbocycles. The number of rotatable bonds is 4. The summed E-state index contributed by atoms with van der Waals surface area (Å²) in [5.74, 6) is 0.698. The normalized spacial score (nSPS) is 25.2. The minimum Gasteiger partial charge on any atom is -0.478 e. The van der Waals surface area contributed by atoms with Crippen LogP contribution in [0.25, 0.3) is 0 Å². The highest BCUT2D eigenvalue weighted by atomic mass is 16.7. The van der Waals surface area contributed by atoms with E-state index in [0.29, 0.717) is 22.8 Å². The SMILES string of the molecule is Cc1c(C(=O)O)cc(C(C)C)c2c1OC1(CCC(CN(C)C)CC1)O2. The quantitative estimate of drug-likeness (QED) is 0.891. The third-order valence-electron chi connectivity index (χ3n) is 5.43. The number of carbonyl (C=O) groups is 1. The second kappa shape index (κ2) is 6.52. The molecule has 25 heavy (non-hydrogen) atoms. The number of benzene rings is 1. The average molecular weight is 347 g/mol. The highest BCUT2D eigenvalue weighted by molar-refractivity contribution is 5.91. The fourth-order valence-corrected chi connectivity index (χ4v) is 4.05. The Morgan fingerprint density at radius 1 is 1.28 bits per heavy atom. The van der Waals surface area contributed by atoms with E-state index in [1.165, 1.54) is 0 Å². The molecule has 2 aliphatic rings. The Kier molecular flexibility index (Phi) is 4.71. The number of carboxylic acids is 1. The predicted molar refractivity (Wildman–Crippen MR) is 96.7 cm³/mol. The molecule has 1 fully saturated rings. The molecule has 0 atom stereocenters. The summed E-state index contributed by atoms with van der Waals surface area (Å²) in [6, 6.07) is 1.75. The maximum atomic E-state index is 11.6.